The molecule has 0 saturated carbocycles. The quantitative estimate of drug-likeness (QED) is 0.461. The van der Waals surface area contributed by atoms with Gasteiger partial charge in [0, 0.05) is 25.8 Å². The molecule has 0 rings (SSSR count). The van der Waals surface area contributed by atoms with Crippen LogP contribution >= 0.6 is 0 Å². The van der Waals surface area contributed by atoms with E-state index in [2.05, 4.69) is 0 Å². The summed E-state index contributed by atoms with van der Waals surface area (Å²) in [5.74, 6) is 0. The topological polar surface area (TPSA) is 0 Å². The molecular weight excluding hydrogens is 310 g/mol. The van der Waals surface area contributed by atoms with Crippen molar-refractivity contribution in [1.82, 2.24) is 0 Å². The zero-order chi connectivity index (χ0) is 4.50. The Kier molecular flexibility index (Phi) is 5.88. The molecule has 6 heteroatoms. The maximum atomic E-state index is 9.90. The predicted octanol–water partition coefficient (Wildman–Crippen LogP) is 0.919. The standard InChI is InChI=1S/4FH.In.Sn/h4*1H;;/q;;;;;+4/p-4. The van der Waals surface area contributed by atoms with Gasteiger partial charge >= 0.3 is 32.1 Å². The molecule has 0 N–H and O–H groups in total. The van der Waals surface area contributed by atoms with E-state index in [4.69, 9.17) is 0 Å². The Morgan fingerprint density at radius 1 is 0.833 bits per heavy atom. The third kappa shape index (κ3) is 53.8. The van der Waals surface area contributed by atoms with E-state index in [9.17, 15) is 11.5 Å². The molecule has 0 nitrogen and oxygen atoms in total. The van der Waals surface area contributed by atoms with E-state index < -0.39 is 20.7 Å². The fraction of sp³-hybridized carbons (Fsp3) is 0. The van der Waals surface area contributed by atoms with Gasteiger partial charge in [-0.25, -0.2) is 0 Å². The second-order valence-corrected chi connectivity index (χ2v) is 2.87. The zero-order valence-corrected chi connectivity index (χ0v) is 8.74. The van der Waals surface area contributed by atoms with Gasteiger partial charge in [0.25, 0.3) is 0 Å². The van der Waals surface area contributed by atoms with E-state index in [1.807, 2.05) is 0 Å². The molecule has 0 aliphatic heterocycles. The first-order chi connectivity index (χ1) is 2.00. The van der Waals surface area contributed by atoms with Crippen LogP contribution < -0.4 is 0 Å². The smallest absolute Gasteiger partial charge is 0 e. The zero-order valence-electron chi connectivity index (χ0n) is 2.59. The van der Waals surface area contributed by atoms with Gasteiger partial charge in [-0.15, -0.1) is 0 Å². The van der Waals surface area contributed by atoms with Crippen molar-refractivity contribution < 1.29 is 11.5 Å². The normalized spacial score (nSPS) is 10.0. The summed E-state index contributed by atoms with van der Waals surface area (Å²) >= 11 is -7.18. The minimum Gasteiger partial charge on any atom is 0 e. The molecule has 35 valence electrons. The van der Waals surface area contributed by atoms with Gasteiger partial charge in [-0.2, -0.15) is 0 Å². The molecule has 0 saturated heterocycles. The largest absolute Gasteiger partial charge is 0 e. The van der Waals surface area contributed by atoms with Crippen LogP contribution in [0.25, 0.3) is 0 Å². The van der Waals surface area contributed by atoms with E-state index in [1.54, 1.807) is 0 Å². The molecule has 0 aromatic heterocycles. The van der Waals surface area contributed by atoms with Crippen molar-refractivity contribution in [2.24, 2.45) is 0 Å². The Hall–Kier alpha value is 1.39. The molecule has 0 amide bonds. The molecule has 0 heterocycles. The first-order valence-corrected chi connectivity index (χ1v) is 5.07. The van der Waals surface area contributed by atoms with Gasteiger partial charge in [0.15, 0.2) is 0 Å². The SMILES string of the molecule is [F][Sn]([F])([F])[F].[In]. The van der Waals surface area contributed by atoms with E-state index in [0.717, 1.165) is 0 Å². The molecular formula is F4InSn. The molecule has 0 unspecified atom stereocenters. The summed E-state index contributed by atoms with van der Waals surface area (Å²) in [6, 6.07) is 0. The van der Waals surface area contributed by atoms with Gasteiger partial charge < -0.3 is 0 Å². The molecule has 6 heavy (non-hydrogen) atoms. The second-order valence-electron chi connectivity index (χ2n) is 0.429. The van der Waals surface area contributed by atoms with Crippen LogP contribution in [0.2, 0.25) is 0 Å². The van der Waals surface area contributed by atoms with Gasteiger partial charge in [-0.1, -0.05) is 0 Å². The van der Waals surface area contributed by atoms with Crippen LogP contribution in [-0.2, 0) is 0 Å². The summed E-state index contributed by atoms with van der Waals surface area (Å²) in [7, 11) is 0. The Bertz CT molecular complexity index is 23.0. The fourth-order valence-corrected chi connectivity index (χ4v) is 0. The second kappa shape index (κ2) is 3.40. The van der Waals surface area contributed by atoms with E-state index in [0.29, 0.717) is 0 Å². The van der Waals surface area contributed by atoms with Crippen LogP contribution in [0, 0.1) is 0 Å². The molecule has 0 aliphatic rings. The van der Waals surface area contributed by atoms with E-state index >= 15 is 0 Å². The Morgan fingerprint density at radius 3 is 0.833 bits per heavy atom. The maximum Gasteiger partial charge on any atom is 0 e. The molecule has 0 aliphatic carbocycles. The molecule has 0 atom stereocenters. The number of hydrogen-bond acceptors (Lipinski definition) is 0. The average molecular weight is 310 g/mol. The van der Waals surface area contributed by atoms with Gasteiger partial charge in [-0.05, 0) is 0 Å². The van der Waals surface area contributed by atoms with Crippen molar-refractivity contribution in [3.63, 3.8) is 0 Å². The summed E-state index contributed by atoms with van der Waals surface area (Å²) in [5, 5.41) is 0. The van der Waals surface area contributed by atoms with Gasteiger partial charge in [0.05, 0.1) is 0 Å². The van der Waals surface area contributed by atoms with Crippen LogP contribution in [0.1, 0.15) is 0 Å². The molecule has 0 bridgehead atoms. The monoisotopic (exact) mass is 311 g/mol. The minimum atomic E-state index is -7.18. The molecule has 0 aromatic carbocycles. The third-order valence-electron chi connectivity index (χ3n) is 0. The van der Waals surface area contributed by atoms with Gasteiger partial charge in [0.2, 0.25) is 0 Å². The number of halogens is 4. The Morgan fingerprint density at radius 2 is 0.833 bits per heavy atom. The molecule has 0 fully saturated rings. The summed E-state index contributed by atoms with van der Waals surface area (Å²) in [6.45, 7) is 0. The Balaban J connectivity index is 0. The Labute approximate surface area is 57.7 Å². The first-order valence-electron chi connectivity index (χ1n) is 0.756. The van der Waals surface area contributed by atoms with Crippen molar-refractivity contribution in [2.45, 2.75) is 0 Å². The van der Waals surface area contributed by atoms with Gasteiger partial charge in [0.1, 0.15) is 0 Å². The third-order valence-corrected chi connectivity index (χ3v) is 0. The molecule has 3 radical (unpaired) electrons. The number of rotatable bonds is 0. The fourth-order valence-electron chi connectivity index (χ4n) is 0. The van der Waals surface area contributed by atoms with Crippen LogP contribution in [0.5, 0.6) is 0 Å². The minimum absolute atomic E-state index is 0. The van der Waals surface area contributed by atoms with Crippen LogP contribution in [0.15, 0.2) is 0 Å². The molecule has 0 aromatic rings. The van der Waals surface area contributed by atoms with Crippen molar-refractivity contribution in [1.29, 1.82) is 0 Å². The first kappa shape index (κ1) is 10.4. The summed E-state index contributed by atoms with van der Waals surface area (Å²) < 4.78 is 39.6. The molecule has 0 spiro atoms. The van der Waals surface area contributed by atoms with Crippen molar-refractivity contribution in [2.75, 3.05) is 0 Å². The van der Waals surface area contributed by atoms with Crippen molar-refractivity contribution in [3.8, 4) is 0 Å². The maximum absolute atomic E-state index is 9.90. The van der Waals surface area contributed by atoms with E-state index in [-0.39, 0.29) is 25.8 Å². The number of hydrogen-bond donors (Lipinski definition) is 0. The van der Waals surface area contributed by atoms with Crippen LogP contribution in [-0.4, -0.2) is 46.5 Å². The summed E-state index contributed by atoms with van der Waals surface area (Å²) in [6.07, 6.45) is 0. The van der Waals surface area contributed by atoms with E-state index in [1.165, 1.54) is 0 Å². The summed E-state index contributed by atoms with van der Waals surface area (Å²) in [4.78, 5) is 0. The van der Waals surface area contributed by atoms with Crippen molar-refractivity contribution >= 4 is 46.5 Å². The average Bonchev–Trinajstić information content (AvgIpc) is 0.722. The van der Waals surface area contributed by atoms with Crippen LogP contribution in [0.3, 0.4) is 0 Å². The predicted molar refractivity (Wildman–Crippen MR) is 15.9 cm³/mol. The van der Waals surface area contributed by atoms with Crippen LogP contribution in [0.4, 0.5) is 11.5 Å². The summed E-state index contributed by atoms with van der Waals surface area (Å²) in [5.41, 5.74) is 0. The van der Waals surface area contributed by atoms with Crippen molar-refractivity contribution in [3.05, 3.63) is 0 Å². The van der Waals surface area contributed by atoms with Gasteiger partial charge in [-0.3, -0.25) is 0 Å².